The van der Waals surface area contributed by atoms with Crippen molar-refractivity contribution in [1.82, 2.24) is 14.8 Å². The Balaban J connectivity index is 1.80. The van der Waals surface area contributed by atoms with Crippen LogP contribution in [0.1, 0.15) is 13.3 Å². The third-order valence-electron chi connectivity index (χ3n) is 4.15. The van der Waals surface area contributed by atoms with Crippen molar-refractivity contribution in [3.63, 3.8) is 0 Å². The van der Waals surface area contributed by atoms with E-state index in [0.717, 1.165) is 11.8 Å². The summed E-state index contributed by atoms with van der Waals surface area (Å²) in [5, 5.41) is 8.04. The van der Waals surface area contributed by atoms with Gasteiger partial charge in [-0.05, 0) is 19.1 Å². The number of carbonyl (C=O) groups excluding carboxylic acids is 1. The van der Waals surface area contributed by atoms with Gasteiger partial charge < -0.3 is 9.74 Å². The second-order valence-corrected chi connectivity index (χ2v) is 7.43. The number of rotatable bonds is 6. The molecule has 1 fully saturated rings. The van der Waals surface area contributed by atoms with E-state index in [1.165, 1.54) is 16.7 Å². The smallest absolute Gasteiger partial charge is 0.287 e. The standard InChI is InChI=1S/C17H18ClF2N5O2S/c1-3-24(13-9-25(22-14(13)18)12-5-4-6-21-8-12)16(26)15(23-27-2)28-10-11-7-17(11,19)20/h4-6,8-9,11H,3,7,10H2,1-2H3/b23-15+. The highest BCUT2D eigenvalue weighted by Crippen LogP contribution is 2.50. The van der Waals surface area contributed by atoms with Crippen LogP contribution in [0.3, 0.4) is 0 Å². The highest BCUT2D eigenvalue weighted by molar-refractivity contribution is 8.15. The first-order valence-corrected chi connectivity index (χ1v) is 9.83. The van der Waals surface area contributed by atoms with Gasteiger partial charge in [0.2, 0.25) is 5.04 Å². The number of hydrogen-bond donors (Lipinski definition) is 0. The number of nitrogens with zero attached hydrogens (tertiary/aromatic N) is 5. The number of thioether (sulfide) groups is 1. The Bertz CT molecular complexity index is 878. The van der Waals surface area contributed by atoms with Crippen LogP contribution >= 0.6 is 23.4 Å². The summed E-state index contributed by atoms with van der Waals surface area (Å²) in [6.07, 6.45) is 4.67. The summed E-state index contributed by atoms with van der Waals surface area (Å²) < 4.78 is 27.8. The van der Waals surface area contributed by atoms with Crippen molar-refractivity contribution >= 4 is 40.0 Å². The molecule has 150 valence electrons. The van der Waals surface area contributed by atoms with Crippen LogP contribution in [-0.2, 0) is 9.63 Å². The van der Waals surface area contributed by atoms with E-state index in [1.54, 1.807) is 37.6 Å². The van der Waals surface area contributed by atoms with Crippen LogP contribution in [0, 0.1) is 5.92 Å². The molecular weight excluding hydrogens is 412 g/mol. The van der Waals surface area contributed by atoms with Crippen LogP contribution in [0.2, 0.25) is 5.15 Å². The Hall–Kier alpha value is -2.20. The Labute approximate surface area is 169 Å². The first kappa shape index (κ1) is 20.5. The van der Waals surface area contributed by atoms with E-state index < -0.39 is 17.7 Å². The third-order valence-corrected chi connectivity index (χ3v) is 5.51. The molecule has 2 heterocycles. The first-order valence-electron chi connectivity index (χ1n) is 8.46. The van der Waals surface area contributed by atoms with Crippen molar-refractivity contribution in [2.24, 2.45) is 11.1 Å². The molecule has 2 aromatic heterocycles. The minimum Gasteiger partial charge on any atom is -0.398 e. The van der Waals surface area contributed by atoms with Crippen molar-refractivity contribution in [1.29, 1.82) is 0 Å². The van der Waals surface area contributed by atoms with Gasteiger partial charge in [0.15, 0.2) is 5.15 Å². The van der Waals surface area contributed by atoms with E-state index in [2.05, 4.69) is 15.2 Å². The highest BCUT2D eigenvalue weighted by Gasteiger charge is 2.56. The maximum Gasteiger partial charge on any atom is 0.287 e. The average Bonchev–Trinajstić information content (AvgIpc) is 3.11. The SMILES string of the molecule is CCN(C(=O)/C(=N\OC)SCC1CC1(F)F)c1cn(-c2cccnc2)nc1Cl. The molecule has 1 saturated carbocycles. The molecule has 7 nitrogen and oxygen atoms in total. The summed E-state index contributed by atoms with van der Waals surface area (Å²) in [5.74, 6) is -3.82. The summed E-state index contributed by atoms with van der Waals surface area (Å²) in [6.45, 7) is 2.04. The zero-order valence-electron chi connectivity index (χ0n) is 15.2. The van der Waals surface area contributed by atoms with Crippen molar-refractivity contribution < 1.29 is 18.4 Å². The quantitative estimate of drug-likeness (QED) is 0.398. The lowest BCUT2D eigenvalue weighted by atomic mass is 10.4. The molecule has 2 aromatic rings. The topological polar surface area (TPSA) is 72.6 Å². The van der Waals surface area contributed by atoms with Gasteiger partial charge in [-0.3, -0.25) is 9.78 Å². The Morgan fingerprint density at radius 3 is 2.89 bits per heavy atom. The molecule has 0 N–H and O–H groups in total. The van der Waals surface area contributed by atoms with Crippen LogP contribution < -0.4 is 4.90 Å². The lowest BCUT2D eigenvalue weighted by Gasteiger charge is -2.19. The molecule has 1 aliphatic carbocycles. The van der Waals surface area contributed by atoms with Gasteiger partial charge in [0.25, 0.3) is 11.8 Å². The number of anilines is 1. The largest absolute Gasteiger partial charge is 0.398 e. The Morgan fingerprint density at radius 1 is 1.57 bits per heavy atom. The van der Waals surface area contributed by atoms with Gasteiger partial charge in [-0.15, -0.1) is 0 Å². The molecule has 1 unspecified atom stereocenters. The van der Waals surface area contributed by atoms with E-state index in [9.17, 15) is 13.6 Å². The zero-order chi connectivity index (χ0) is 20.3. The molecule has 1 atom stereocenters. The fourth-order valence-electron chi connectivity index (χ4n) is 2.53. The maximum absolute atomic E-state index is 13.1. The van der Waals surface area contributed by atoms with Crippen molar-refractivity contribution in [2.45, 2.75) is 19.3 Å². The summed E-state index contributed by atoms with van der Waals surface area (Å²) >= 11 is 7.19. The van der Waals surface area contributed by atoms with E-state index in [4.69, 9.17) is 16.4 Å². The van der Waals surface area contributed by atoms with E-state index in [0.29, 0.717) is 11.4 Å². The Kier molecular flexibility index (Phi) is 6.19. The number of aromatic nitrogens is 3. The van der Waals surface area contributed by atoms with Gasteiger partial charge >= 0.3 is 0 Å². The average molecular weight is 430 g/mol. The molecule has 28 heavy (non-hydrogen) atoms. The number of amides is 1. The number of halogens is 3. The third kappa shape index (κ3) is 4.44. The van der Waals surface area contributed by atoms with Crippen LogP contribution in [0.25, 0.3) is 5.69 Å². The summed E-state index contributed by atoms with van der Waals surface area (Å²) in [5.41, 5.74) is 1.05. The predicted octanol–water partition coefficient (Wildman–Crippen LogP) is 3.62. The number of alkyl halides is 2. The second-order valence-electron chi connectivity index (χ2n) is 6.06. The van der Waals surface area contributed by atoms with Gasteiger partial charge in [0.05, 0.1) is 18.1 Å². The molecule has 0 aromatic carbocycles. The molecule has 1 amide bonds. The van der Waals surface area contributed by atoms with Gasteiger partial charge in [0, 0.05) is 30.8 Å². The molecule has 0 radical (unpaired) electrons. The number of pyridine rings is 1. The molecule has 3 rings (SSSR count). The highest BCUT2D eigenvalue weighted by atomic mass is 35.5. The predicted molar refractivity (Wildman–Crippen MR) is 104 cm³/mol. The number of hydrogen-bond acceptors (Lipinski definition) is 6. The lowest BCUT2D eigenvalue weighted by molar-refractivity contribution is -0.112. The van der Waals surface area contributed by atoms with Crippen molar-refractivity contribution in [3.8, 4) is 5.69 Å². The molecule has 0 aliphatic heterocycles. The van der Waals surface area contributed by atoms with E-state index in [1.807, 2.05) is 0 Å². The summed E-state index contributed by atoms with van der Waals surface area (Å²) in [7, 11) is 1.29. The fraction of sp³-hybridized carbons (Fsp3) is 0.412. The van der Waals surface area contributed by atoms with Crippen LogP contribution in [0.5, 0.6) is 0 Å². The van der Waals surface area contributed by atoms with Gasteiger partial charge in [-0.1, -0.05) is 28.5 Å². The van der Waals surface area contributed by atoms with Gasteiger partial charge in [-0.25, -0.2) is 13.5 Å². The van der Waals surface area contributed by atoms with Crippen molar-refractivity contribution in [3.05, 3.63) is 35.9 Å². The van der Waals surface area contributed by atoms with Crippen LogP contribution in [0.4, 0.5) is 14.5 Å². The zero-order valence-corrected chi connectivity index (χ0v) is 16.8. The number of carbonyl (C=O) groups is 1. The van der Waals surface area contributed by atoms with E-state index >= 15 is 0 Å². The minimum atomic E-state index is -2.66. The molecule has 11 heteroatoms. The molecule has 1 aliphatic rings. The van der Waals surface area contributed by atoms with Crippen LogP contribution in [-0.4, -0.2) is 51.0 Å². The first-order chi connectivity index (χ1) is 13.4. The minimum absolute atomic E-state index is 0.0164. The molecular formula is C17H18ClF2N5O2S. The number of oxime groups is 1. The molecule has 0 spiro atoms. The Morgan fingerprint density at radius 2 is 2.32 bits per heavy atom. The van der Waals surface area contributed by atoms with Gasteiger partial charge in [-0.2, -0.15) is 5.10 Å². The summed E-state index contributed by atoms with van der Waals surface area (Å²) in [4.78, 5) is 23.1. The maximum atomic E-state index is 13.1. The van der Waals surface area contributed by atoms with Crippen molar-refractivity contribution in [2.75, 3.05) is 24.3 Å². The van der Waals surface area contributed by atoms with Crippen LogP contribution in [0.15, 0.2) is 35.9 Å². The monoisotopic (exact) mass is 429 g/mol. The lowest BCUT2D eigenvalue weighted by Crippen LogP contribution is -2.35. The summed E-state index contributed by atoms with van der Waals surface area (Å²) in [6, 6.07) is 3.54. The molecule has 0 saturated heterocycles. The van der Waals surface area contributed by atoms with Gasteiger partial charge in [0.1, 0.15) is 12.8 Å². The fourth-order valence-corrected chi connectivity index (χ4v) is 3.84. The van der Waals surface area contributed by atoms with E-state index in [-0.39, 0.29) is 28.9 Å². The normalized spacial score (nSPS) is 18.0. The second kappa shape index (κ2) is 8.44. The molecule has 0 bridgehead atoms.